The molecule has 0 bridgehead atoms. The Hall–Kier alpha value is -0.536. The Morgan fingerprint density at radius 1 is 1.33 bits per heavy atom. The van der Waals surface area contributed by atoms with E-state index in [-0.39, 0.29) is 43.7 Å². The molecule has 0 saturated carbocycles. The first-order valence-corrected chi connectivity index (χ1v) is 5.96. The van der Waals surface area contributed by atoms with Gasteiger partial charge in [0.1, 0.15) is 0 Å². The second-order valence-electron chi connectivity index (χ2n) is 5.29. The van der Waals surface area contributed by atoms with Gasteiger partial charge in [0.05, 0.1) is 0 Å². The fourth-order valence-corrected chi connectivity index (χ4v) is 1.94. The summed E-state index contributed by atoms with van der Waals surface area (Å²) in [5.41, 5.74) is -0.105. The van der Waals surface area contributed by atoms with E-state index in [1.165, 1.54) is 0 Å². The maximum Gasteiger partial charge on any atom is 0.216 e. The van der Waals surface area contributed by atoms with Crippen LogP contribution in [0.25, 0.3) is 12.2 Å². The summed E-state index contributed by atoms with van der Waals surface area (Å²) >= 11 is 0. The fraction of sp³-hybridized carbons (Fsp3) is 0.429. The van der Waals surface area contributed by atoms with Crippen LogP contribution >= 0.6 is 0 Å². The van der Waals surface area contributed by atoms with Crippen LogP contribution in [0.3, 0.4) is 0 Å². The van der Waals surface area contributed by atoms with E-state index in [0.29, 0.717) is 5.92 Å². The van der Waals surface area contributed by atoms with Crippen molar-refractivity contribution in [1.82, 2.24) is 10.2 Å². The molecule has 18 heavy (non-hydrogen) atoms. The molecule has 1 aromatic heterocycles. The number of hydrogen-bond donors (Lipinski definition) is 2. The summed E-state index contributed by atoms with van der Waals surface area (Å²) in [4.78, 5) is 11.7. The van der Waals surface area contributed by atoms with Crippen molar-refractivity contribution in [3.8, 4) is 0 Å². The van der Waals surface area contributed by atoms with Gasteiger partial charge in [0.2, 0.25) is 5.56 Å². The van der Waals surface area contributed by atoms with Crippen LogP contribution in [0.5, 0.6) is 0 Å². The molecule has 4 heteroatoms. The summed E-state index contributed by atoms with van der Waals surface area (Å²) in [6.07, 6.45) is 8.34. The van der Waals surface area contributed by atoms with E-state index < -0.39 is 0 Å². The Kier molecular flexibility index (Phi) is 4.85. The minimum atomic E-state index is -0.0583. The number of nitrogens with one attached hydrogen (secondary N) is 2. The molecule has 1 radical (unpaired) electrons. The molecule has 0 saturated heterocycles. The topological polar surface area (TPSA) is 48.6 Å². The fourth-order valence-electron chi connectivity index (χ4n) is 1.94. The number of hydrogen-bond acceptors (Lipinski definition) is 1. The zero-order valence-corrected chi connectivity index (χ0v) is 14.2. The molecule has 1 atom stereocenters. The van der Waals surface area contributed by atoms with Crippen molar-refractivity contribution in [2.45, 2.75) is 27.7 Å². The van der Waals surface area contributed by atoms with E-state index in [1.54, 1.807) is 0 Å². The van der Waals surface area contributed by atoms with Crippen LogP contribution < -0.4 is 16.1 Å². The third-order valence-electron chi connectivity index (χ3n) is 3.62. The van der Waals surface area contributed by atoms with E-state index in [4.69, 9.17) is 0 Å². The van der Waals surface area contributed by atoms with Crippen molar-refractivity contribution in [2.75, 3.05) is 0 Å². The van der Waals surface area contributed by atoms with Gasteiger partial charge >= 0.3 is 0 Å². The van der Waals surface area contributed by atoms with Gasteiger partial charge in [-0.05, 0) is 16.6 Å². The smallest absolute Gasteiger partial charge is 0.216 e. The van der Waals surface area contributed by atoms with Crippen molar-refractivity contribution >= 4 is 12.2 Å². The van der Waals surface area contributed by atoms with Crippen LogP contribution in [-0.4, -0.2) is 10.2 Å². The van der Waals surface area contributed by atoms with Gasteiger partial charge in [-0.2, -0.15) is 24.1 Å². The predicted octanol–water partition coefficient (Wildman–Crippen LogP) is 1.09. The Labute approximate surface area is 132 Å². The molecule has 1 aliphatic rings. The number of fused-ring (bicyclic) bond motifs is 1. The van der Waals surface area contributed by atoms with E-state index in [0.717, 1.165) is 16.5 Å². The van der Waals surface area contributed by atoms with E-state index in [2.05, 4.69) is 49.2 Å². The van der Waals surface area contributed by atoms with E-state index >= 15 is 0 Å². The second kappa shape index (κ2) is 5.62. The molecular formula is C14H19N2OY-. The monoisotopic (exact) mass is 320 g/mol. The molecule has 0 spiro atoms. The van der Waals surface area contributed by atoms with Crippen LogP contribution in [0.15, 0.2) is 16.9 Å². The quantitative estimate of drug-likeness (QED) is 0.748. The number of allylic oxidation sites excluding steroid dienone is 2. The van der Waals surface area contributed by atoms with Crippen molar-refractivity contribution in [3.05, 3.63) is 39.0 Å². The molecule has 0 aliphatic heterocycles. The molecule has 1 aliphatic carbocycles. The van der Waals surface area contributed by atoms with Crippen molar-refractivity contribution in [2.24, 2.45) is 11.3 Å². The molecule has 1 heterocycles. The molecule has 2 rings (SSSR count). The largest absolute Gasteiger partial charge is 0.311 e. The summed E-state index contributed by atoms with van der Waals surface area (Å²) in [6, 6.07) is 0. The molecule has 2 N–H and O–H groups in total. The normalized spacial score (nSPS) is 27.9. The minimum Gasteiger partial charge on any atom is -0.311 e. The Morgan fingerprint density at radius 3 is 2.61 bits per heavy atom. The summed E-state index contributed by atoms with van der Waals surface area (Å²) < 4.78 is 0. The van der Waals surface area contributed by atoms with Gasteiger partial charge in [0.15, 0.2) is 0 Å². The van der Waals surface area contributed by atoms with Crippen LogP contribution in [-0.2, 0) is 32.7 Å². The Morgan fingerprint density at radius 2 is 2.00 bits per heavy atom. The van der Waals surface area contributed by atoms with Gasteiger partial charge < -0.3 is 5.10 Å². The van der Waals surface area contributed by atoms with E-state index in [1.807, 2.05) is 13.0 Å². The zero-order chi connectivity index (χ0) is 12.6. The number of H-pyrrole nitrogens is 2. The maximum absolute atomic E-state index is 11.7. The van der Waals surface area contributed by atoms with Gasteiger partial charge in [-0.3, -0.25) is 9.89 Å². The summed E-state index contributed by atoms with van der Waals surface area (Å²) in [7, 11) is 0. The summed E-state index contributed by atoms with van der Waals surface area (Å²) in [5, 5.41) is 7.21. The molecule has 95 valence electrons. The molecule has 0 aromatic carbocycles. The molecule has 0 fully saturated rings. The predicted molar refractivity (Wildman–Crippen MR) is 70.6 cm³/mol. The third kappa shape index (κ3) is 2.89. The van der Waals surface area contributed by atoms with Gasteiger partial charge in [-0.1, -0.05) is 33.8 Å². The van der Waals surface area contributed by atoms with E-state index in [9.17, 15) is 4.79 Å². The van der Waals surface area contributed by atoms with Gasteiger partial charge in [0, 0.05) is 38.1 Å². The van der Waals surface area contributed by atoms with Crippen LogP contribution in [0.4, 0.5) is 0 Å². The molecule has 3 nitrogen and oxygen atoms in total. The van der Waals surface area contributed by atoms with Gasteiger partial charge in [0.25, 0.3) is 0 Å². The standard InChI is InChI=1S/C14H19N2O.Y/c1-9(2)14(4)6-5-10(3)7-11-12(8-14)15-16-13(11)17;/h5-9,15H,1-4H3,(H,16,17);/q-1;/b6-5-,11-7+,12-8+;. The van der Waals surface area contributed by atoms with Crippen LogP contribution in [0.2, 0.25) is 0 Å². The molecular weight excluding hydrogens is 301 g/mol. The first-order valence-electron chi connectivity index (χ1n) is 5.96. The zero-order valence-electron chi connectivity index (χ0n) is 11.4. The number of rotatable bonds is 1. The first-order chi connectivity index (χ1) is 7.92. The Balaban J connectivity index is 0.00000162. The first kappa shape index (κ1) is 15.5. The van der Waals surface area contributed by atoms with Crippen molar-refractivity contribution < 1.29 is 32.7 Å². The summed E-state index contributed by atoms with van der Waals surface area (Å²) in [5.74, 6) is 1.56. The minimum absolute atomic E-state index is 0. The average Bonchev–Trinajstić information content (AvgIpc) is 2.56. The van der Waals surface area contributed by atoms with Crippen LogP contribution in [0, 0.1) is 17.3 Å². The number of aromatic nitrogens is 2. The Bertz CT molecular complexity index is 608. The maximum atomic E-state index is 11.7. The van der Waals surface area contributed by atoms with Crippen molar-refractivity contribution in [1.29, 1.82) is 0 Å². The molecule has 0 amide bonds. The van der Waals surface area contributed by atoms with Gasteiger partial charge in [-0.25, -0.2) is 0 Å². The third-order valence-corrected chi connectivity index (χ3v) is 3.62. The number of aromatic amines is 2. The SMILES string of the molecule is C[C-]1/C=C\C(C)(C(C)C)/C=c2/[nH][nH]c(=O)/c2=C/1.[Y]. The molecule has 1 aromatic rings. The van der Waals surface area contributed by atoms with Gasteiger partial charge in [-0.15, -0.1) is 0 Å². The van der Waals surface area contributed by atoms with Crippen LogP contribution in [0.1, 0.15) is 27.7 Å². The second-order valence-corrected chi connectivity index (χ2v) is 5.29. The summed E-state index contributed by atoms with van der Waals surface area (Å²) in [6.45, 7) is 8.57. The van der Waals surface area contributed by atoms with Crippen molar-refractivity contribution in [3.63, 3.8) is 0 Å². The average molecular weight is 320 g/mol. The molecule has 1 unspecified atom stereocenters.